The Morgan fingerprint density at radius 1 is 0.453 bits per heavy atom. The zero-order chi connectivity index (χ0) is 46.7. The number of amides is 1. The minimum Gasteiger partial charge on any atom is -0.462 e. The zero-order valence-electron chi connectivity index (χ0n) is 42.9. The van der Waals surface area contributed by atoms with Gasteiger partial charge in [-0.1, -0.05) is 243 Å². The third-order valence-electron chi connectivity index (χ3n) is 13.0. The van der Waals surface area contributed by atoms with Crippen molar-refractivity contribution in [1.82, 2.24) is 5.32 Å². The average Bonchev–Trinajstić information content (AvgIpc) is 3.29. The van der Waals surface area contributed by atoms with Gasteiger partial charge in [-0.25, -0.2) is 0 Å². The van der Waals surface area contributed by atoms with Gasteiger partial charge < -0.3 is 20.3 Å². The van der Waals surface area contributed by atoms with Crippen molar-refractivity contribution < 1.29 is 24.5 Å². The Morgan fingerprint density at radius 2 is 0.797 bits per heavy atom. The van der Waals surface area contributed by atoms with Crippen LogP contribution in [0.2, 0.25) is 0 Å². The van der Waals surface area contributed by atoms with E-state index in [0.717, 1.165) is 77.0 Å². The second-order valence-electron chi connectivity index (χ2n) is 19.4. The molecule has 376 valence electrons. The zero-order valence-corrected chi connectivity index (χ0v) is 42.9. The minimum atomic E-state index is -0.795. The van der Waals surface area contributed by atoms with Crippen LogP contribution in [0.15, 0.2) is 36.5 Å². The quantitative estimate of drug-likeness (QED) is 0.0245. The van der Waals surface area contributed by atoms with Gasteiger partial charge in [-0.2, -0.15) is 0 Å². The molecule has 0 aliphatic carbocycles. The van der Waals surface area contributed by atoms with Crippen LogP contribution in [0.4, 0.5) is 0 Å². The molecule has 64 heavy (non-hydrogen) atoms. The molecule has 0 heterocycles. The number of aliphatic hydroxyl groups excluding tert-OH is 2. The van der Waals surface area contributed by atoms with Crippen molar-refractivity contribution in [3.63, 3.8) is 0 Å². The van der Waals surface area contributed by atoms with Crippen LogP contribution in [0, 0.1) is 0 Å². The van der Waals surface area contributed by atoms with Gasteiger partial charge in [0.25, 0.3) is 0 Å². The number of carbonyl (C=O) groups excluding carboxylic acids is 2. The summed E-state index contributed by atoms with van der Waals surface area (Å²) in [6, 6.07) is -0.710. The smallest absolute Gasteiger partial charge is 0.306 e. The van der Waals surface area contributed by atoms with Crippen molar-refractivity contribution >= 4 is 11.9 Å². The van der Waals surface area contributed by atoms with Crippen molar-refractivity contribution in [3.8, 4) is 0 Å². The normalized spacial score (nSPS) is 13.4. The second kappa shape index (κ2) is 52.1. The number of unbranched alkanes of at least 4 members (excludes halogenated alkanes) is 34. The fourth-order valence-corrected chi connectivity index (χ4v) is 8.65. The summed E-state index contributed by atoms with van der Waals surface area (Å²) < 4.78 is 5.94. The summed E-state index contributed by atoms with van der Waals surface area (Å²) in [7, 11) is 0. The summed E-state index contributed by atoms with van der Waals surface area (Å²) in [6.07, 6.45) is 62.1. The maximum absolute atomic E-state index is 13.2. The standard InChI is InChI=1S/C58H109NO5/c1-4-7-10-13-16-19-22-25-27-29-32-34-37-40-43-46-49-54(64-58(63)51-48-45-42-39-36-33-30-28-26-23-20-17-14-11-8-5-2)52-57(62)59-55(53-60)56(61)50-47-44-41-38-35-31-24-21-18-15-12-9-6-3/h27-30,32,34,54-56,60-61H,4-26,31,33,35-53H2,1-3H3,(H,59,62)/b29-27+,30-28+,34-32+. The van der Waals surface area contributed by atoms with Crippen molar-refractivity contribution in [2.24, 2.45) is 0 Å². The largest absolute Gasteiger partial charge is 0.462 e. The van der Waals surface area contributed by atoms with E-state index in [2.05, 4.69) is 62.5 Å². The molecule has 0 aliphatic rings. The Kier molecular flexibility index (Phi) is 50.5. The number of nitrogens with one attached hydrogen (secondary N) is 1. The van der Waals surface area contributed by atoms with Gasteiger partial charge in [0.05, 0.1) is 25.2 Å². The lowest BCUT2D eigenvalue weighted by Gasteiger charge is -2.24. The number of hydrogen-bond donors (Lipinski definition) is 3. The van der Waals surface area contributed by atoms with Gasteiger partial charge in [-0.05, 0) is 77.0 Å². The molecule has 3 unspecified atom stereocenters. The first kappa shape index (κ1) is 62.1. The SMILES string of the molecule is CCCCCCCCC/C=C/C=C/CCCCCC(CC(=O)NC(CO)C(O)CCCCCCCCCCCCCCC)OC(=O)CCCCCCC/C=C/CCCCCCCCC. The fourth-order valence-electron chi connectivity index (χ4n) is 8.65. The van der Waals surface area contributed by atoms with Crippen LogP contribution >= 0.6 is 0 Å². The third kappa shape index (κ3) is 46.6. The molecule has 0 aliphatic heterocycles. The molecule has 0 radical (unpaired) electrons. The maximum Gasteiger partial charge on any atom is 0.306 e. The lowest BCUT2D eigenvalue weighted by molar-refractivity contribution is -0.151. The van der Waals surface area contributed by atoms with Crippen LogP contribution in [0.1, 0.15) is 297 Å². The van der Waals surface area contributed by atoms with Gasteiger partial charge in [0.15, 0.2) is 0 Å². The molecule has 1 amide bonds. The van der Waals surface area contributed by atoms with Gasteiger partial charge in [0.1, 0.15) is 6.10 Å². The van der Waals surface area contributed by atoms with E-state index in [1.54, 1.807) is 0 Å². The molecule has 3 atom stereocenters. The number of hydrogen-bond acceptors (Lipinski definition) is 5. The van der Waals surface area contributed by atoms with Gasteiger partial charge in [0, 0.05) is 6.42 Å². The molecule has 6 nitrogen and oxygen atoms in total. The van der Waals surface area contributed by atoms with Crippen LogP contribution in [-0.2, 0) is 14.3 Å². The molecular weight excluding hydrogens is 791 g/mol. The van der Waals surface area contributed by atoms with E-state index in [-0.39, 0.29) is 24.9 Å². The molecule has 0 bridgehead atoms. The molecule has 0 aromatic heterocycles. The van der Waals surface area contributed by atoms with Gasteiger partial charge in [-0.15, -0.1) is 0 Å². The summed E-state index contributed by atoms with van der Waals surface area (Å²) in [5.74, 6) is -0.498. The number of esters is 1. The molecular formula is C58H109NO5. The van der Waals surface area contributed by atoms with Crippen LogP contribution < -0.4 is 5.32 Å². The fraction of sp³-hybridized carbons (Fsp3) is 0.862. The minimum absolute atomic E-state index is 0.0591. The number of allylic oxidation sites excluding steroid dienone is 6. The van der Waals surface area contributed by atoms with Crippen LogP contribution in [0.3, 0.4) is 0 Å². The number of rotatable bonds is 51. The van der Waals surface area contributed by atoms with Crippen LogP contribution in [-0.4, -0.2) is 46.9 Å². The lowest BCUT2D eigenvalue weighted by Crippen LogP contribution is -2.46. The first-order chi connectivity index (χ1) is 31.5. The highest BCUT2D eigenvalue weighted by Gasteiger charge is 2.24. The molecule has 0 saturated carbocycles. The molecule has 0 aromatic rings. The van der Waals surface area contributed by atoms with Crippen LogP contribution in [0.25, 0.3) is 0 Å². The molecule has 6 heteroatoms. The summed E-state index contributed by atoms with van der Waals surface area (Å²) >= 11 is 0. The number of ether oxygens (including phenoxy) is 1. The predicted octanol–water partition coefficient (Wildman–Crippen LogP) is 17.2. The third-order valence-corrected chi connectivity index (χ3v) is 13.0. The number of carbonyl (C=O) groups is 2. The molecule has 0 saturated heterocycles. The summed E-state index contributed by atoms with van der Waals surface area (Å²) in [5, 5.41) is 23.8. The molecule has 3 N–H and O–H groups in total. The molecule has 0 fully saturated rings. The maximum atomic E-state index is 13.2. The Labute approximate surface area is 398 Å². The van der Waals surface area contributed by atoms with E-state index in [4.69, 9.17) is 4.74 Å². The van der Waals surface area contributed by atoms with Crippen LogP contribution in [0.5, 0.6) is 0 Å². The highest BCUT2D eigenvalue weighted by atomic mass is 16.5. The van der Waals surface area contributed by atoms with Crippen molar-refractivity contribution in [2.45, 2.75) is 315 Å². The van der Waals surface area contributed by atoms with E-state index in [1.807, 2.05) is 0 Å². The van der Waals surface area contributed by atoms with Gasteiger partial charge in [-0.3, -0.25) is 9.59 Å². The number of aliphatic hydroxyl groups is 2. The van der Waals surface area contributed by atoms with E-state index < -0.39 is 18.2 Å². The van der Waals surface area contributed by atoms with E-state index in [1.165, 1.54) is 173 Å². The van der Waals surface area contributed by atoms with Crippen molar-refractivity contribution in [3.05, 3.63) is 36.5 Å². The first-order valence-electron chi connectivity index (χ1n) is 28.2. The average molecular weight is 901 g/mol. The summed E-state index contributed by atoms with van der Waals surface area (Å²) in [6.45, 7) is 6.49. The monoisotopic (exact) mass is 900 g/mol. The highest BCUT2D eigenvalue weighted by molar-refractivity contribution is 5.77. The predicted molar refractivity (Wildman–Crippen MR) is 278 cm³/mol. The summed E-state index contributed by atoms with van der Waals surface area (Å²) in [5.41, 5.74) is 0. The highest BCUT2D eigenvalue weighted by Crippen LogP contribution is 2.18. The van der Waals surface area contributed by atoms with Crippen molar-refractivity contribution in [2.75, 3.05) is 6.61 Å². The Morgan fingerprint density at radius 3 is 1.22 bits per heavy atom. The Hall–Kier alpha value is -1.92. The first-order valence-corrected chi connectivity index (χ1v) is 28.2. The summed E-state index contributed by atoms with van der Waals surface area (Å²) in [4.78, 5) is 26.2. The van der Waals surface area contributed by atoms with Gasteiger partial charge in [0.2, 0.25) is 5.91 Å². The van der Waals surface area contributed by atoms with E-state index in [0.29, 0.717) is 19.3 Å². The van der Waals surface area contributed by atoms with E-state index >= 15 is 0 Å². The Balaban J connectivity index is 4.61. The lowest BCUT2D eigenvalue weighted by atomic mass is 10.0. The topological polar surface area (TPSA) is 95.9 Å². The molecule has 0 spiro atoms. The van der Waals surface area contributed by atoms with Gasteiger partial charge >= 0.3 is 5.97 Å². The Bertz CT molecular complexity index is 1060. The van der Waals surface area contributed by atoms with E-state index in [9.17, 15) is 19.8 Å². The molecule has 0 rings (SSSR count). The second-order valence-corrected chi connectivity index (χ2v) is 19.4. The van der Waals surface area contributed by atoms with Crippen molar-refractivity contribution in [1.29, 1.82) is 0 Å². The molecule has 0 aromatic carbocycles.